The average Bonchev–Trinajstić information content (AvgIpc) is 2.48. The van der Waals surface area contributed by atoms with Crippen LogP contribution >= 0.6 is 27.5 Å². The minimum Gasteiger partial charge on any atom is -0.113 e. The van der Waals surface area contributed by atoms with E-state index in [2.05, 4.69) is 73.1 Å². The molecule has 2 heteroatoms. The number of halogens is 2. The molecule has 0 saturated heterocycles. The van der Waals surface area contributed by atoms with Crippen LogP contribution in [0.25, 0.3) is 0 Å². The molecule has 2 aromatic carbocycles. The maximum atomic E-state index is 6.65. The van der Waals surface area contributed by atoms with Crippen LogP contribution < -0.4 is 0 Å². The van der Waals surface area contributed by atoms with E-state index in [1.54, 1.807) is 0 Å². The Balaban J connectivity index is 2.29. The van der Waals surface area contributed by atoms with Gasteiger partial charge >= 0.3 is 0 Å². The van der Waals surface area contributed by atoms with Gasteiger partial charge < -0.3 is 0 Å². The number of benzene rings is 2. The highest BCUT2D eigenvalue weighted by atomic mass is 79.9. The summed E-state index contributed by atoms with van der Waals surface area (Å²) in [6.45, 7) is 6.57. The average molecular weight is 352 g/mol. The van der Waals surface area contributed by atoms with Crippen LogP contribution in [-0.2, 0) is 0 Å². The van der Waals surface area contributed by atoms with Crippen molar-refractivity contribution in [3.8, 4) is 0 Å². The lowest BCUT2D eigenvalue weighted by Gasteiger charge is -2.16. The van der Waals surface area contributed by atoms with Crippen molar-refractivity contribution in [2.45, 2.75) is 38.5 Å². The molecular weight excluding hydrogens is 332 g/mol. The highest BCUT2D eigenvalue weighted by molar-refractivity contribution is 9.10. The van der Waals surface area contributed by atoms with Crippen LogP contribution in [0.2, 0.25) is 0 Å². The van der Waals surface area contributed by atoms with E-state index < -0.39 is 0 Å². The second-order valence-corrected chi connectivity index (χ2v) is 6.58. The van der Waals surface area contributed by atoms with Gasteiger partial charge in [-0.15, -0.1) is 11.6 Å². The van der Waals surface area contributed by atoms with Gasteiger partial charge in [0.15, 0.2) is 0 Å². The first kappa shape index (κ1) is 15.6. The highest BCUT2D eigenvalue weighted by Crippen LogP contribution is 2.34. The zero-order valence-corrected chi connectivity index (χ0v) is 14.5. The summed E-state index contributed by atoms with van der Waals surface area (Å²) in [6.07, 6.45) is 1.16. The first-order chi connectivity index (χ1) is 9.54. The minimum atomic E-state index is -0.0986. The Bertz CT molecular complexity index is 574. The molecule has 0 aliphatic heterocycles. The molecule has 0 bridgehead atoms. The van der Waals surface area contributed by atoms with Crippen molar-refractivity contribution in [2.24, 2.45) is 0 Å². The predicted octanol–water partition coefficient (Wildman–Crippen LogP) is 6.60. The molecule has 0 saturated carbocycles. The van der Waals surface area contributed by atoms with Crippen molar-refractivity contribution in [3.63, 3.8) is 0 Å². The van der Waals surface area contributed by atoms with Crippen molar-refractivity contribution in [1.29, 1.82) is 0 Å². The minimum absolute atomic E-state index is 0.0986. The zero-order chi connectivity index (χ0) is 14.7. The number of alkyl halides is 1. The van der Waals surface area contributed by atoms with Crippen LogP contribution in [0.5, 0.6) is 0 Å². The molecule has 2 rings (SSSR count). The van der Waals surface area contributed by atoms with E-state index in [0.29, 0.717) is 5.92 Å². The fraction of sp³-hybridized carbons (Fsp3) is 0.333. The molecule has 0 heterocycles. The van der Waals surface area contributed by atoms with Gasteiger partial charge in [0, 0.05) is 4.47 Å². The maximum Gasteiger partial charge on any atom is 0.0838 e. The first-order valence-corrected chi connectivity index (χ1v) is 8.26. The summed E-state index contributed by atoms with van der Waals surface area (Å²) in [6, 6.07) is 14.9. The lowest BCUT2D eigenvalue weighted by Crippen LogP contribution is -1.98. The largest absolute Gasteiger partial charge is 0.113 e. The fourth-order valence-electron chi connectivity index (χ4n) is 2.31. The van der Waals surface area contributed by atoms with Crippen molar-refractivity contribution < 1.29 is 0 Å². The van der Waals surface area contributed by atoms with Crippen LogP contribution in [0, 0.1) is 6.92 Å². The van der Waals surface area contributed by atoms with Gasteiger partial charge in [-0.3, -0.25) is 0 Å². The van der Waals surface area contributed by atoms with E-state index in [0.717, 1.165) is 22.0 Å². The molecule has 0 radical (unpaired) electrons. The van der Waals surface area contributed by atoms with Crippen LogP contribution in [0.1, 0.15) is 53.8 Å². The first-order valence-electron chi connectivity index (χ1n) is 7.03. The van der Waals surface area contributed by atoms with E-state index in [1.807, 2.05) is 6.07 Å². The Labute approximate surface area is 135 Å². The summed E-state index contributed by atoms with van der Waals surface area (Å²) in [4.78, 5) is 0. The van der Waals surface area contributed by atoms with Gasteiger partial charge in [0.25, 0.3) is 0 Å². The molecule has 2 unspecified atom stereocenters. The second kappa shape index (κ2) is 6.78. The Morgan fingerprint density at radius 2 is 1.65 bits per heavy atom. The van der Waals surface area contributed by atoms with Crippen LogP contribution in [-0.4, -0.2) is 0 Å². The van der Waals surface area contributed by atoms with Gasteiger partial charge in [0.05, 0.1) is 5.38 Å². The Morgan fingerprint density at radius 1 is 1.05 bits per heavy atom. The molecule has 0 aliphatic rings. The summed E-state index contributed by atoms with van der Waals surface area (Å²) in [5, 5.41) is -0.0986. The molecule has 0 aromatic heterocycles. The summed E-state index contributed by atoms with van der Waals surface area (Å²) in [5.74, 6) is 0.602. The summed E-state index contributed by atoms with van der Waals surface area (Å²) >= 11 is 10.2. The topological polar surface area (TPSA) is 0 Å². The lowest BCUT2D eigenvalue weighted by molar-refractivity contribution is 0.733. The SMILES string of the molecule is CCC(C)c1ccc(C(Cl)c2cccc(Br)c2C)cc1. The van der Waals surface area contributed by atoms with Crippen molar-refractivity contribution >= 4 is 27.5 Å². The molecule has 0 amide bonds. The second-order valence-electron chi connectivity index (χ2n) is 5.29. The summed E-state index contributed by atoms with van der Waals surface area (Å²) in [7, 11) is 0. The molecule has 0 N–H and O–H groups in total. The summed E-state index contributed by atoms with van der Waals surface area (Å²) in [5.41, 5.74) is 4.90. The van der Waals surface area contributed by atoms with Gasteiger partial charge in [0.2, 0.25) is 0 Å². The van der Waals surface area contributed by atoms with E-state index in [-0.39, 0.29) is 5.38 Å². The fourth-order valence-corrected chi connectivity index (χ4v) is 3.07. The van der Waals surface area contributed by atoms with E-state index in [9.17, 15) is 0 Å². The van der Waals surface area contributed by atoms with E-state index in [1.165, 1.54) is 11.1 Å². The maximum absolute atomic E-state index is 6.65. The standard InChI is InChI=1S/C18H20BrCl/c1-4-12(2)14-8-10-15(11-9-14)18(20)16-6-5-7-17(19)13(16)3/h5-12,18H,4H2,1-3H3. The normalized spacial score (nSPS) is 14.1. The molecule has 0 nitrogen and oxygen atoms in total. The van der Waals surface area contributed by atoms with Crippen LogP contribution in [0.4, 0.5) is 0 Å². The molecule has 0 aliphatic carbocycles. The van der Waals surface area contributed by atoms with Crippen LogP contribution in [0.15, 0.2) is 46.9 Å². The van der Waals surface area contributed by atoms with Crippen molar-refractivity contribution in [2.75, 3.05) is 0 Å². The highest BCUT2D eigenvalue weighted by Gasteiger charge is 2.14. The van der Waals surface area contributed by atoms with E-state index >= 15 is 0 Å². The predicted molar refractivity (Wildman–Crippen MR) is 91.7 cm³/mol. The number of rotatable bonds is 4. The molecular formula is C18H20BrCl. The smallest absolute Gasteiger partial charge is 0.0838 e. The Morgan fingerprint density at radius 3 is 2.25 bits per heavy atom. The molecule has 20 heavy (non-hydrogen) atoms. The third-order valence-corrected chi connectivity index (χ3v) is 5.34. The zero-order valence-electron chi connectivity index (χ0n) is 12.2. The van der Waals surface area contributed by atoms with Gasteiger partial charge in [-0.25, -0.2) is 0 Å². The van der Waals surface area contributed by atoms with Gasteiger partial charge in [-0.1, -0.05) is 66.2 Å². The van der Waals surface area contributed by atoms with E-state index in [4.69, 9.17) is 11.6 Å². The van der Waals surface area contributed by atoms with Crippen LogP contribution in [0.3, 0.4) is 0 Å². The number of hydrogen-bond donors (Lipinski definition) is 0. The third kappa shape index (κ3) is 3.27. The van der Waals surface area contributed by atoms with Gasteiger partial charge in [0.1, 0.15) is 0 Å². The monoisotopic (exact) mass is 350 g/mol. The summed E-state index contributed by atoms with van der Waals surface area (Å²) < 4.78 is 1.11. The van der Waals surface area contributed by atoms with Gasteiger partial charge in [-0.05, 0) is 47.6 Å². The Hall–Kier alpha value is -0.790. The lowest BCUT2D eigenvalue weighted by atomic mass is 9.95. The molecule has 2 atom stereocenters. The Kier molecular flexibility index (Phi) is 5.29. The molecule has 2 aromatic rings. The van der Waals surface area contributed by atoms with Crippen molar-refractivity contribution in [1.82, 2.24) is 0 Å². The third-order valence-electron chi connectivity index (χ3n) is 3.99. The molecule has 0 spiro atoms. The van der Waals surface area contributed by atoms with Crippen molar-refractivity contribution in [3.05, 3.63) is 69.2 Å². The molecule has 106 valence electrons. The number of hydrogen-bond acceptors (Lipinski definition) is 0. The van der Waals surface area contributed by atoms with Gasteiger partial charge in [-0.2, -0.15) is 0 Å². The molecule has 0 fully saturated rings. The quantitative estimate of drug-likeness (QED) is 0.544.